The molecule has 2 N–H and O–H groups in total. The summed E-state index contributed by atoms with van der Waals surface area (Å²) in [4.78, 5) is 18.4. The monoisotopic (exact) mass is 276 g/mol. The molecule has 1 aromatic heterocycles. The second-order valence-corrected chi connectivity index (χ2v) is 5.22. The first kappa shape index (κ1) is 14.8. The molecule has 0 aliphatic carbocycles. The summed E-state index contributed by atoms with van der Waals surface area (Å²) in [5.74, 6) is 1.21. The summed E-state index contributed by atoms with van der Waals surface area (Å²) >= 11 is 0. The molecule has 1 aromatic rings. The molecule has 5 heteroatoms. The van der Waals surface area contributed by atoms with Crippen LogP contribution in [0.3, 0.4) is 0 Å². The fourth-order valence-electron chi connectivity index (χ4n) is 2.52. The molecule has 0 aromatic carbocycles. The molecular weight excluding hydrogens is 252 g/mol. The van der Waals surface area contributed by atoms with Gasteiger partial charge in [0.25, 0.3) is 0 Å². The summed E-state index contributed by atoms with van der Waals surface area (Å²) in [6.07, 6.45) is 5.32. The maximum atomic E-state index is 11.8. The molecule has 2 rings (SSSR count). The van der Waals surface area contributed by atoms with Crippen molar-refractivity contribution in [2.24, 2.45) is 0 Å². The van der Waals surface area contributed by atoms with Crippen LogP contribution in [0, 0.1) is 0 Å². The molecular formula is C15H24N4O. The summed E-state index contributed by atoms with van der Waals surface area (Å²) < 4.78 is 0. The first-order chi connectivity index (χ1) is 9.79. The first-order valence-electron chi connectivity index (χ1n) is 7.39. The molecule has 1 fully saturated rings. The molecule has 0 atom stereocenters. The second-order valence-electron chi connectivity index (χ2n) is 5.22. The van der Waals surface area contributed by atoms with Gasteiger partial charge in [0.2, 0.25) is 5.91 Å². The van der Waals surface area contributed by atoms with E-state index in [0.717, 1.165) is 44.7 Å². The molecule has 0 bridgehead atoms. The van der Waals surface area contributed by atoms with E-state index in [2.05, 4.69) is 20.5 Å². The van der Waals surface area contributed by atoms with Crippen molar-refractivity contribution in [1.82, 2.24) is 15.6 Å². The number of carbonyl (C=O) groups is 1. The van der Waals surface area contributed by atoms with Crippen LogP contribution in [-0.2, 0) is 4.79 Å². The van der Waals surface area contributed by atoms with Crippen molar-refractivity contribution in [1.29, 1.82) is 0 Å². The average Bonchev–Trinajstić information content (AvgIpc) is 2.49. The predicted octanol–water partition coefficient (Wildman–Crippen LogP) is 1.17. The van der Waals surface area contributed by atoms with Crippen LogP contribution in [0.5, 0.6) is 0 Å². The van der Waals surface area contributed by atoms with Gasteiger partial charge in [0.15, 0.2) is 0 Å². The van der Waals surface area contributed by atoms with Gasteiger partial charge in [0.1, 0.15) is 5.82 Å². The maximum absolute atomic E-state index is 11.8. The normalized spacial score (nSPS) is 16.1. The van der Waals surface area contributed by atoms with Crippen LogP contribution >= 0.6 is 0 Å². The molecule has 5 nitrogen and oxygen atoms in total. The van der Waals surface area contributed by atoms with E-state index in [1.807, 2.05) is 31.4 Å². The van der Waals surface area contributed by atoms with E-state index in [9.17, 15) is 4.79 Å². The maximum Gasteiger partial charge on any atom is 0.220 e. The quantitative estimate of drug-likeness (QED) is 0.766. The molecule has 1 aliphatic rings. The van der Waals surface area contributed by atoms with Gasteiger partial charge < -0.3 is 15.5 Å². The third-order valence-corrected chi connectivity index (χ3v) is 3.66. The van der Waals surface area contributed by atoms with Crippen molar-refractivity contribution < 1.29 is 4.79 Å². The Kier molecular flexibility index (Phi) is 5.80. The third kappa shape index (κ3) is 4.49. The van der Waals surface area contributed by atoms with Crippen molar-refractivity contribution in [2.45, 2.75) is 31.7 Å². The van der Waals surface area contributed by atoms with E-state index in [0.29, 0.717) is 12.5 Å². The van der Waals surface area contributed by atoms with E-state index >= 15 is 0 Å². The molecule has 1 amide bonds. The highest BCUT2D eigenvalue weighted by atomic mass is 16.1. The number of piperidine rings is 1. The van der Waals surface area contributed by atoms with Crippen LogP contribution in [-0.4, -0.2) is 43.6 Å². The Morgan fingerprint density at radius 2 is 2.20 bits per heavy atom. The van der Waals surface area contributed by atoms with Crippen LogP contribution in [0.25, 0.3) is 0 Å². The molecule has 20 heavy (non-hydrogen) atoms. The minimum absolute atomic E-state index is 0.177. The first-order valence-corrected chi connectivity index (χ1v) is 7.39. The van der Waals surface area contributed by atoms with Crippen LogP contribution < -0.4 is 15.5 Å². The second kappa shape index (κ2) is 7.85. The summed E-state index contributed by atoms with van der Waals surface area (Å²) in [5.41, 5.74) is 0. The number of anilines is 1. The van der Waals surface area contributed by atoms with Crippen molar-refractivity contribution in [2.75, 3.05) is 31.6 Å². The highest BCUT2D eigenvalue weighted by Gasteiger charge is 2.21. The topological polar surface area (TPSA) is 57.3 Å². The van der Waals surface area contributed by atoms with Gasteiger partial charge in [-0.25, -0.2) is 4.98 Å². The smallest absolute Gasteiger partial charge is 0.220 e. The van der Waals surface area contributed by atoms with E-state index in [1.54, 1.807) is 0 Å². The number of aromatic nitrogens is 1. The summed E-state index contributed by atoms with van der Waals surface area (Å²) in [7, 11) is 1.91. The van der Waals surface area contributed by atoms with Gasteiger partial charge in [0.05, 0.1) is 0 Å². The Hall–Kier alpha value is -1.62. The lowest BCUT2D eigenvalue weighted by Gasteiger charge is -2.33. The van der Waals surface area contributed by atoms with Crippen molar-refractivity contribution >= 4 is 11.7 Å². The van der Waals surface area contributed by atoms with Gasteiger partial charge in [-0.15, -0.1) is 0 Å². The number of rotatable bonds is 6. The molecule has 2 heterocycles. The van der Waals surface area contributed by atoms with Gasteiger partial charge >= 0.3 is 0 Å². The van der Waals surface area contributed by atoms with Gasteiger partial charge in [-0.3, -0.25) is 4.79 Å². The van der Waals surface area contributed by atoms with Gasteiger partial charge in [-0.05, 0) is 45.0 Å². The Morgan fingerprint density at radius 1 is 1.40 bits per heavy atom. The van der Waals surface area contributed by atoms with E-state index in [1.165, 1.54) is 0 Å². The van der Waals surface area contributed by atoms with Crippen molar-refractivity contribution in [3.63, 3.8) is 0 Å². The van der Waals surface area contributed by atoms with E-state index < -0.39 is 0 Å². The lowest BCUT2D eigenvalue weighted by molar-refractivity contribution is -0.122. The number of hydrogen-bond donors (Lipinski definition) is 2. The fraction of sp³-hybridized carbons (Fsp3) is 0.600. The highest BCUT2D eigenvalue weighted by Crippen LogP contribution is 2.17. The van der Waals surface area contributed by atoms with Gasteiger partial charge in [-0.2, -0.15) is 0 Å². The number of nitrogens with one attached hydrogen (secondary N) is 2. The molecule has 0 radical (unpaired) electrons. The standard InChI is InChI=1S/C15H24N4O/c1-16-9-4-6-15(20)18-13-7-11-19(12-8-13)14-5-2-3-10-17-14/h2-3,5,10,13,16H,4,6-9,11-12H2,1H3,(H,18,20). The van der Waals surface area contributed by atoms with E-state index in [-0.39, 0.29) is 5.91 Å². The Morgan fingerprint density at radius 3 is 2.85 bits per heavy atom. The van der Waals surface area contributed by atoms with Crippen LogP contribution in [0.4, 0.5) is 5.82 Å². The largest absolute Gasteiger partial charge is 0.356 e. The molecule has 110 valence electrons. The summed E-state index contributed by atoms with van der Waals surface area (Å²) in [6.45, 7) is 2.81. The van der Waals surface area contributed by atoms with E-state index in [4.69, 9.17) is 0 Å². The van der Waals surface area contributed by atoms with Crippen LogP contribution in [0.1, 0.15) is 25.7 Å². The Labute approximate surface area is 120 Å². The van der Waals surface area contributed by atoms with Crippen molar-refractivity contribution in [3.8, 4) is 0 Å². The highest BCUT2D eigenvalue weighted by molar-refractivity contribution is 5.76. The van der Waals surface area contributed by atoms with Gasteiger partial charge in [-0.1, -0.05) is 6.07 Å². The Balaban J connectivity index is 1.70. The lowest BCUT2D eigenvalue weighted by Crippen LogP contribution is -2.45. The zero-order valence-corrected chi connectivity index (χ0v) is 12.1. The number of carbonyl (C=O) groups excluding carboxylic acids is 1. The number of hydrogen-bond acceptors (Lipinski definition) is 4. The molecule has 1 saturated heterocycles. The summed E-state index contributed by atoms with van der Waals surface area (Å²) in [6, 6.07) is 6.30. The van der Waals surface area contributed by atoms with Crippen molar-refractivity contribution in [3.05, 3.63) is 24.4 Å². The predicted molar refractivity (Wildman–Crippen MR) is 80.8 cm³/mol. The minimum Gasteiger partial charge on any atom is -0.356 e. The van der Waals surface area contributed by atoms with Crippen LogP contribution in [0.2, 0.25) is 0 Å². The SMILES string of the molecule is CNCCCC(=O)NC1CCN(c2ccccn2)CC1. The number of pyridine rings is 1. The zero-order chi connectivity index (χ0) is 14.2. The molecule has 0 spiro atoms. The minimum atomic E-state index is 0.177. The number of nitrogens with zero attached hydrogens (tertiary/aromatic N) is 2. The molecule has 0 unspecified atom stereocenters. The fourth-order valence-corrected chi connectivity index (χ4v) is 2.52. The number of amides is 1. The lowest BCUT2D eigenvalue weighted by atomic mass is 10.0. The molecule has 0 saturated carbocycles. The summed E-state index contributed by atoms with van der Waals surface area (Å²) in [5, 5.41) is 6.19. The average molecular weight is 276 g/mol. The Bertz CT molecular complexity index is 402. The molecule has 1 aliphatic heterocycles. The third-order valence-electron chi connectivity index (χ3n) is 3.66. The van der Waals surface area contributed by atoms with Crippen LogP contribution in [0.15, 0.2) is 24.4 Å². The van der Waals surface area contributed by atoms with Gasteiger partial charge in [0, 0.05) is 31.7 Å². The zero-order valence-electron chi connectivity index (χ0n) is 12.1.